The number of ether oxygens (including phenoxy) is 2. The van der Waals surface area contributed by atoms with Crippen LogP contribution in [0.3, 0.4) is 0 Å². The number of carbonyl (C=O) groups is 1. The topological polar surface area (TPSA) is 42.0 Å². The lowest BCUT2D eigenvalue weighted by atomic mass is 9.97. The number of likely N-dealkylation sites (tertiary alicyclic amines) is 1. The number of carbonyl (C=O) groups excluding carboxylic acids is 1. The first kappa shape index (κ1) is 19.2. The number of piperidine rings is 1. The molecule has 0 aromatic rings. The molecular formula is C14H25F3N2O3. The quantitative estimate of drug-likeness (QED) is 0.676. The van der Waals surface area contributed by atoms with E-state index in [1.807, 2.05) is 4.90 Å². The van der Waals surface area contributed by atoms with Crippen LogP contribution in [0.5, 0.6) is 0 Å². The Morgan fingerprint density at radius 1 is 1.23 bits per heavy atom. The van der Waals surface area contributed by atoms with Gasteiger partial charge >= 0.3 is 6.18 Å². The van der Waals surface area contributed by atoms with Gasteiger partial charge in [-0.05, 0) is 12.8 Å². The average molecular weight is 326 g/mol. The summed E-state index contributed by atoms with van der Waals surface area (Å²) in [5.74, 6) is -1.67. The molecule has 1 aliphatic rings. The van der Waals surface area contributed by atoms with Crippen molar-refractivity contribution in [2.75, 3.05) is 60.2 Å². The largest absolute Gasteiger partial charge is 0.393 e. The summed E-state index contributed by atoms with van der Waals surface area (Å²) >= 11 is 0. The maximum Gasteiger partial charge on any atom is 0.393 e. The van der Waals surface area contributed by atoms with Gasteiger partial charge < -0.3 is 14.4 Å². The molecule has 1 aliphatic heterocycles. The van der Waals surface area contributed by atoms with E-state index in [-0.39, 0.29) is 25.4 Å². The number of rotatable bonds is 8. The monoisotopic (exact) mass is 326 g/mol. The summed E-state index contributed by atoms with van der Waals surface area (Å²) in [6, 6.07) is 0. The summed E-state index contributed by atoms with van der Waals surface area (Å²) in [4.78, 5) is 15.4. The second-order valence-electron chi connectivity index (χ2n) is 5.48. The first-order chi connectivity index (χ1) is 10.4. The molecular weight excluding hydrogens is 301 g/mol. The molecule has 1 amide bonds. The second-order valence-corrected chi connectivity index (χ2v) is 5.48. The van der Waals surface area contributed by atoms with Crippen molar-refractivity contribution < 1.29 is 27.4 Å². The Bertz CT molecular complexity index is 332. The number of hydrogen-bond acceptors (Lipinski definition) is 4. The van der Waals surface area contributed by atoms with Gasteiger partial charge in [0.15, 0.2) is 0 Å². The van der Waals surface area contributed by atoms with Crippen LogP contribution in [0.2, 0.25) is 0 Å². The summed E-state index contributed by atoms with van der Waals surface area (Å²) in [5.41, 5.74) is 0. The highest BCUT2D eigenvalue weighted by Gasteiger charge is 2.42. The number of methoxy groups -OCH3 is 2. The van der Waals surface area contributed by atoms with Crippen LogP contribution in [0.25, 0.3) is 0 Å². The van der Waals surface area contributed by atoms with E-state index in [2.05, 4.69) is 0 Å². The van der Waals surface area contributed by atoms with Crippen LogP contribution in [0.15, 0.2) is 0 Å². The van der Waals surface area contributed by atoms with Crippen molar-refractivity contribution in [1.29, 1.82) is 0 Å². The van der Waals surface area contributed by atoms with E-state index in [1.54, 1.807) is 14.2 Å². The summed E-state index contributed by atoms with van der Waals surface area (Å²) in [7, 11) is 3.13. The molecule has 1 saturated heterocycles. The van der Waals surface area contributed by atoms with Crippen LogP contribution >= 0.6 is 0 Å². The Morgan fingerprint density at radius 3 is 2.32 bits per heavy atom. The van der Waals surface area contributed by atoms with Gasteiger partial charge in [-0.3, -0.25) is 9.69 Å². The molecule has 0 N–H and O–H groups in total. The number of alkyl halides is 3. The Kier molecular flexibility index (Phi) is 8.13. The number of halogens is 3. The third kappa shape index (κ3) is 6.50. The van der Waals surface area contributed by atoms with Gasteiger partial charge in [-0.2, -0.15) is 13.2 Å². The van der Waals surface area contributed by atoms with Crippen molar-refractivity contribution in [3.63, 3.8) is 0 Å². The molecule has 0 aliphatic carbocycles. The van der Waals surface area contributed by atoms with Crippen molar-refractivity contribution in [3.05, 3.63) is 0 Å². The first-order valence-corrected chi connectivity index (χ1v) is 7.43. The molecule has 1 atom stereocenters. The number of amides is 1. The molecule has 0 bridgehead atoms. The Morgan fingerprint density at radius 2 is 1.82 bits per heavy atom. The third-order valence-electron chi connectivity index (χ3n) is 3.82. The molecule has 0 saturated carbocycles. The van der Waals surface area contributed by atoms with Gasteiger partial charge in [0.1, 0.15) is 0 Å². The summed E-state index contributed by atoms with van der Waals surface area (Å²) < 4.78 is 48.3. The van der Waals surface area contributed by atoms with Crippen LogP contribution in [-0.2, 0) is 14.3 Å². The van der Waals surface area contributed by atoms with Gasteiger partial charge in [-0.25, -0.2) is 0 Å². The fourth-order valence-electron chi connectivity index (χ4n) is 2.47. The normalized spacial score (nSPS) is 19.7. The molecule has 0 radical (unpaired) electrons. The predicted molar refractivity (Wildman–Crippen MR) is 75.6 cm³/mol. The highest BCUT2D eigenvalue weighted by molar-refractivity contribution is 5.78. The Balaban J connectivity index is 2.52. The Labute approximate surface area is 129 Å². The van der Waals surface area contributed by atoms with E-state index < -0.39 is 12.1 Å². The first-order valence-electron chi connectivity index (χ1n) is 7.43. The minimum Gasteiger partial charge on any atom is -0.383 e. The van der Waals surface area contributed by atoms with Crippen molar-refractivity contribution in [1.82, 2.24) is 9.80 Å². The average Bonchev–Trinajstić information content (AvgIpc) is 2.49. The highest BCUT2D eigenvalue weighted by atomic mass is 19.4. The van der Waals surface area contributed by atoms with E-state index in [0.29, 0.717) is 39.3 Å². The Hall–Kier alpha value is -0.860. The SMILES string of the molecule is COCCN(CCOC)CC(=O)N1CCCC(C(F)(F)F)C1. The van der Waals surface area contributed by atoms with Crippen LogP contribution in [-0.4, -0.2) is 82.0 Å². The number of hydrogen-bond donors (Lipinski definition) is 0. The van der Waals surface area contributed by atoms with E-state index in [9.17, 15) is 18.0 Å². The lowest BCUT2D eigenvalue weighted by molar-refractivity contribution is -0.188. The minimum atomic E-state index is -4.23. The van der Waals surface area contributed by atoms with Crippen LogP contribution in [0.4, 0.5) is 13.2 Å². The van der Waals surface area contributed by atoms with E-state index in [0.717, 1.165) is 0 Å². The molecule has 22 heavy (non-hydrogen) atoms. The van der Waals surface area contributed by atoms with Crippen molar-refractivity contribution in [3.8, 4) is 0 Å². The standard InChI is InChI=1S/C14H25F3N2O3/c1-21-8-6-18(7-9-22-2)11-13(20)19-5-3-4-12(10-19)14(15,16)17/h12H,3-11H2,1-2H3. The summed E-state index contributed by atoms with van der Waals surface area (Å²) in [6.07, 6.45) is -3.73. The van der Waals surface area contributed by atoms with Crippen LogP contribution in [0.1, 0.15) is 12.8 Å². The predicted octanol–water partition coefficient (Wildman–Crippen LogP) is 1.38. The van der Waals surface area contributed by atoms with E-state index in [1.165, 1.54) is 4.90 Å². The zero-order valence-electron chi connectivity index (χ0n) is 13.2. The fourth-order valence-corrected chi connectivity index (χ4v) is 2.47. The molecule has 130 valence electrons. The molecule has 5 nitrogen and oxygen atoms in total. The molecule has 0 aromatic carbocycles. The molecule has 1 unspecified atom stereocenters. The molecule has 1 rings (SSSR count). The smallest absolute Gasteiger partial charge is 0.383 e. The van der Waals surface area contributed by atoms with Gasteiger partial charge in [-0.15, -0.1) is 0 Å². The summed E-state index contributed by atoms with van der Waals surface area (Å²) in [6.45, 7) is 2.27. The highest BCUT2D eigenvalue weighted by Crippen LogP contribution is 2.33. The second kappa shape index (κ2) is 9.32. The molecule has 1 heterocycles. The molecule has 0 aromatic heterocycles. The fraction of sp³-hybridized carbons (Fsp3) is 0.929. The van der Waals surface area contributed by atoms with Gasteiger partial charge in [0.05, 0.1) is 25.7 Å². The van der Waals surface area contributed by atoms with Crippen molar-refractivity contribution in [2.45, 2.75) is 19.0 Å². The molecule has 0 spiro atoms. The van der Waals surface area contributed by atoms with Gasteiger partial charge in [0.25, 0.3) is 0 Å². The third-order valence-corrected chi connectivity index (χ3v) is 3.82. The van der Waals surface area contributed by atoms with E-state index >= 15 is 0 Å². The van der Waals surface area contributed by atoms with Crippen LogP contribution in [0, 0.1) is 5.92 Å². The maximum absolute atomic E-state index is 12.8. The van der Waals surface area contributed by atoms with Crippen molar-refractivity contribution >= 4 is 5.91 Å². The molecule has 8 heteroatoms. The van der Waals surface area contributed by atoms with E-state index in [4.69, 9.17) is 9.47 Å². The zero-order chi connectivity index (χ0) is 16.6. The van der Waals surface area contributed by atoms with Crippen LogP contribution < -0.4 is 0 Å². The zero-order valence-corrected chi connectivity index (χ0v) is 13.2. The number of nitrogens with zero attached hydrogens (tertiary/aromatic N) is 2. The van der Waals surface area contributed by atoms with Gasteiger partial charge in [-0.1, -0.05) is 0 Å². The lowest BCUT2D eigenvalue weighted by Crippen LogP contribution is -2.48. The van der Waals surface area contributed by atoms with Crippen molar-refractivity contribution in [2.24, 2.45) is 5.92 Å². The maximum atomic E-state index is 12.8. The lowest BCUT2D eigenvalue weighted by Gasteiger charge is -2.35. The summed E-state index contributed by atoms with van der Waals surface area (Å²) in [5, 5.41) is 0. The molecule has 1 fully saturated rings. The van der Waals surface area contributed by atoms with Gasteiger partial charge in [0, 0.05) is 40.4 Å². The van der Waals surface area contributed by atoms with Gasteiger partial charge in [0.2, 0.25) is 5.91 Å². The minimum absolute atomic E-state index is 0.0945.